The molecule has 0 bridgehead atoms. The first-order valence-corrected chi connectivity index (χ1v) is 20.4. The van der Waals surface area contributed by atoms with Gasteiger partial charge in [0.05, 0.1) is 15.4 Å². The predicted octanol–water partition coefficient (Wildman–Crippen LogP) is 1.21. The number of fused-ring (bicyclic) bond motifs is 1. The number of benzene rings is 5. The van der Waals surface area contributed by atoms with E-state index in [0.717, 1.165) is 18.2 Å². The minimum absolute atomic E-state index is 0.193. The summed E-state index contributed by atoms with van der Waals surface area (Å²) in [5.74, 6) is 12.6. The smallest absolute Gasteiger partial charge is 0.337 e. The zero-order valence-electron chi connectivity index (χ0n) is 29.2. The molecular weight excluding hydrogens is 829 g/mol. The fourth-order valence-electron chi connectivity index (χ4n) is 5.73. The number of aliphatic hydroxyl groups excluding tert-OH is 1. The van der Waals surface area contributed by atoms with Crippen LogP contribution in [-0.4, -0.2) is 65.5 Å². The minimum Gasteiger partial charge on any atom is -0.505 e. The van der Waals surface area contributed by atoms with Crippen LogP contribution in [0, 0.1) is 0 Å². The topological polar surface area (TPSA) is 371 Å². The van der Waals surface area contributed by atoms with E-state index in [9.17, 15) is 45.4 Å². The molecule has 1 heterocycles. The average molecular weight is 861 g/mol. The van der Waals surface area contributed by atoms with Crippen molar-refractivity contribution in [3.8, 4) is 16.9 Å². The van der Waals surface area contributed by atoms with Gasteiger partial charge in [-0.3, -0.25) is 5.32 Å². The first-order chi connectivity index (χ1) is 27.5. The van der Waals surface area contributed by atoms with Gasteiger partial charge in [-0.25, -0.2) is 15.4 Å². The number of nitrogens with two attached hydrogens (primary N) is 3. The molecule has 6 rings (SSSR count). The molecular formula is C32H32N10O13S3. The Kier molecular flexibility index (Phi) is 12.0. The monoisotopic (exact) mass is 860 g/mol. The van der Waals surface area contributed by atoms with Crippen LogP contribution in [0.1, 0.15) is 10.4 Å². The number of anilines is 2. The largest absolute Gasteiger partial charge is 0.505 e. The second-order valence-electron chi connectivity index (χ2n) is 12.0. The Labute approximate surface area is 328 Å². The maximum absolute atomic E-state index is 13.1. The van der Waals surface area contributed by atoms with E-state index in [1.54, 1.807) is 36.4 Å². The zero-order valence-corrected chi connectivity index (χ0v) is 31.6. The summed E-state index contributed by atoms with van der Waals surface area (Å²) >= 11 is 0. The number of nitrogens with zero attached hydrogens (tertiary/aromatic N) is 2. The highest BCUT2D eigenvalue weighted by Gasteiger charge is 2.31. The van der Waals surface area contributed by atoms with Gasteiger partial charge in [-0.2, -0.15) is 55.8 Å². The fraction of sp³-hybridized carbons (Fsp3) is 0.0938. The van der Waals surface area contributed by atoms with Gasteiger partial charge in [0.25, 0.3) is 0 Å². The Morgan fingerprint density at radius 3 is 2.00 bits per heavy atom. The van der Waals surface area contributed by atoms with Gasteiger partial charge in [0.2, 0.25) is 0 Å². The molecule has 14 N–H and O–H groups in total. The lowest BCUT2D eigenvalue weighted by Gasteiger charge is -2.38. The molecule has 58 heavy (non-hydrogen) atoms. The van der Waals surface area contributed by atoms with E-state index in [1.165, 1.54) is 36.4 Å². The van der Waals surface area contributed by atoms with E-state index in [-0.39, 0.29) is 38.3 Å². The normalized spacial score (nSPS) is 17.7. The van der Waals surface area contributed by atoms with E-state index in [1.807, 2.05) is 0 Å². The number of nitrogens with one attached hydrogen (secondary N) is 5. The van der Waals surface area contributed by atoms with E-state index in [0.29, 0.717) is 11.1 Å². The lowest BCUT2D eigenvalue weighted by atomic mass is 10.0. The highest BCUT2D eigenvalue weighted by atomic mass is 32.2. The third-order valence-electron chi connectivity index (χ3n) is 8.37. The van der Waals surface area contributed by atoms with Crippen LogP contribution in [0.5, 0.6) is 5.75 Å². The van der Waals surface area contributed by atoms with Crippen molar-refractivity contribution in [1.29, 1.82) is 0 Å². The van der Waals surface area contributed by atoms with Crippen LogP contribution in [0.3, 0.4) is 0 Å². The van der Waals surface area contributed by atoms with Crippen molar-refractivity contribution in [2.24, 2.45) is 27.9 Å². The number of hydrogen-bond acceptors (Lipinski definition) is 22. The summed E-state index contributed by atoms with van der Waals surface area (Å²) in [5, 5.41) is 53.6. The molecule has 5 aromatic rings. The second kappa shape index (κ2) is 16.6. The van der Waals surface area contributed by atoms with E-state index in [2.05, 4.69) is 49.7 Å². The quantitative estimate of drug-likeness (QED) is 0.0552. The lowest BCUT2D eigenvalue weighted by Crippen LogP contribution is -2.71. The van der Waals surface area contributed by atoms with E-state index < -0.39 is 76.5 Å². The Morgan fingerprint density at radius 1 is 0.690 bits per heavy atom. The summed E-state index contributed by atoms with van der Waals surface area (Å²) in [6, 6.07) is 20.9. The number of aliphatic hydroxyl groups is 1. The number of rotatable bonds is 14. The summed E-state index contributed by atoms with van der Waals surface area (Å²) in [5.41, 5.74) is -0.281. The molecule has 0 radical (unpaired) electrons. The number of carboxylic acid groups (broad SMARTS) is 1. The van der Waals surface area contributed by atoms with Crippen LogP contribution in [0.2, 0.25) is 0 Å². The SMILES string of the molecule is NOS(=O)(=O)c1cccc(NC2NC(O)NC(Nc3cc(S(=O)(=O)ON)cc4cc(S(=O)(=O)ON)c(/N=N\c5ccc(-c6ccccc6)cc5C(=O)O)c(O)c34)N2)c1. The number of hydrogen-bond donors (Lipinski definition) is 11. The standard InChI is InChI=1S/C32H32N10O13S3/c33-53-56(47,48)20-8-4-7-19(14-20)36-30-38-31(40-32(46)39-30)37-24-15-21(57(49,50)54-34)11-18-13-25(58(51,52)55-35)27(28(43)26(18)24)42-41-23-10-9-17(12-22(23)29(44)45)16-5-2-1-3-6-16/h1-15,30-32,36-40,43,46H,33-35H2,(H,44,45)/b42-41-. The van der Waals surface area contributed by atoms with Crippen molar-refractivity contribution in [3.63, 3.8) is 0 Å². The average Bonchev–Trinajstić information content (AvgIpc) is 3.20. The molecule has 23 nitrogen and oxygen atoms in total. The van der Waals surface area contributed by atoms with Crippen molar-refractivity contribution in [1.82, 2.24) is 16.0 Å². The van der Waals surface area contributed by atoms with Gasteiger partial charge in [0.1, 0.15) is 28.8 Å². The highest BCUT2D eigenvalue weighted by Crippen LogP contribution is 2.46. The van der Waals surface area contributed by atoms with Crippen LogP contribution in [-0.2, 0) is 43.2 Å². The van der Waals surface area contributed by atoms with Crippen molar-refractivity contribution in [2.45, 2.75) is 33.6 Å². The number of carbonyl (C=O) groups is 1. The predicted molar refractivity (Wildman–Crippen MR) is 203 cm³/mol. The molecule has 0 amide bonds. The number of aromatic carboxylic acids is 1. The van der Waals surface area contributed by atoms with Gasteiger partial charge in [0, 0.05) is 16.8 Å². The number of carboxylic acids is 1. The van der Waals surface area contributed by atoms with Crippen LogP contribution < -0.4 is 44.3 Å². The number of aromatic hydroxyl groups is 1. The summed E-state index contributed by atoms with van der Waals surface area (Å²) < 4.78 is 88.6. The van der Waals surface area contributed by atoms with Crippen molar-refractivity contribution in [2.75, 3.05) is 10.6 Å². The summed E-state index contributed by atoms with van der Waals surface area (Å²) in [6.45, 7) is 0. The van der Waals surface area contributed by atoms with Crippen LogP contribution in [0.25, 0.3) is 21.9 Å². The molecule has 306 valence electrons. The molecule has 0 saturated carbocycles. The number of phenols is 1. The Bertz CT molecular complexity index is 2760. The van der Waals surface area contributed by atoms with Gasteiger partial charge >= 0.3 is 36.3 Å². The molecule has 0 spiro atoms. The Morgan fingerprint density at radius 2 is 1.34 bits per heavy atom. The fourth-order valence-corrected chi connectivity index (χ4v) is 7.76. The molecule has 3 atom stereocenters. The first-order valence-electron chi connectivity index (χ1n) is 16.1. The zero-order chi connectivity index (χ0) is 42.0. The summed E-state index contributed by atoms with van der Waals surface area (Å²) in [7, 11) is -14.0. The Balaban J connectivity index is 1.45. The number of phenolic OH excluding ortho intramolecular Hbond substituents is 1. The van der Waals surface area contributed by atoms with Gasteiger partial charge in [0.15, 0.2) is 12.1 Å². The first kappa shape index (κ1) is 41.9. The summed E-state index contributed by atoms with van der Waals surface area (Å²) in [6.07, 6.45) is -3.81. The van der Waals surface area contributed by atoms with Crippen LogP contribution in [0.15, 0.2) is 116 Å². The van der Waals surface area contributed by atoms with Crippen molar-refractivity contribution >= 4 is 69.8 Å². The van der Waals surface area contributed by atoms with Crippen LogP contribution >= 0.6 is 0 Å². The molecule has 0 aromatic heterocycles. The third-order valence-corrected chi connectivity index (χ3v) is 11.6. The maximum atomic E-state index is 13.1. The van der Waals surface area contributed by atoms with Crippen LogP contribution in [0.4, 0.5) is 22.7 Å². The number of azo groups is 1. The van der Waals surface area contributed by atoms with Gasteiger partial charge in [-0.1, -0.05) is 42.5 Å². The Hall–Kier alpha value is -5.72. The van der Waals surface area contributed by atoms with Crippen molar-refractivity contribution < 1.29 is 58.2 Å². The maximum Gasteiger partial charge on any atom is 0.337 e. The molecule has 26 heteroatoms. The van der Waals surface area contributed by atoms with E-state index in [4.69, 9.17) is 17.7 Å². The highest BCUT2D eigenvalue weighted by molar-refractivity contribution is 7.87. The molecule has 1 aliphatic rings. The van der Waals surface area contributed by atoms with Crippen molar-refractivity contribution in [3.05, 3.63) is 96.6 Å². The van der Waals surface area contributed by atoms with Gasteiger partial charge < -0.3 is 26.0 Å². The molecule has 1 saturated heterocycles. The van der Waals surface area contributed by atoms with Gasteiger partial charge in [-0.15, -0.1) is 10.2 Å². The molecule has 3 unspecified atom stereocenters. The lowest BCUT2D eigenvalue weighted by molar-refractivity contribution is 0.0403. The molecule has 0 aliphatic carbocycles. The van der Waals surface area contributed by atoms with E-state index >= 15 is 0 Å². The molecule has 1 fully saturated rings. The third kappa shape index (κ3) is 8.88. The minimum atomic E-state index is -4.97. The van der Waals surface area contributed by atoms with Gasteiger partial charge in [-0.05, 0) is 65.0 Å². The molecule has 1 aliphatic heterocycles. The molecule has 5 aromatic carbocycles. The summed E-state index contributed by atoms with van der Waals surface area (Å²) in [4.78, 5) is 10.4. The second-order valence-corrected chi connectivity index (χ2v) is 16.7.